The summed E-state index contributed by atoms with van der Waals surface area (Å²) in [6.45, 7) is 4.89. The summed E-state index contributed by atoms with van der Waals surface area (Å²) < 4.78 is 0. The van der Waals surface area contributed by atoms with Crippen LogP contribution >= 0.6 is 12.4 Å². The summed E-state index contributed by atoms with van der Waals surface area (Å²) in [6.07, 6.45) is 3.06. The van der Waals surface area contributed by atoms with Gasteiger partial charge in [0, 0.05) is 24.2 Å². The molecule has 2 rings (SSSR count). The predicted octanol–water partition coefficient (Wildman–Crippen LogP) is 2.63. The van der Waals surface area contributed by atoms with E-state index in [4.69, 9.17) is 5.73 Å². The van der Waals surface area contributed by atoms with Crippen LogP contribution in [-0.2, 0) is 11.3 Å². The van der Waals surface area contributed by atoms with Gasteiger partial charge in [0.05, 0.1) is 0 Å². The second-order valence-corrected chi connectivity index (χ2v) is 6.70. The Morgan fingerprint density at radius 3 is 2.48 bits per heavy atom. The van der Waals surface area contributed by atoms with Crippen LogP contribution in [0.2, 0.25) is 0 Å². The summed E-state index contributed by atoms with van der Waals surface area (Å²) in [7, 11) is 0. The number of nitrogens with two attached hydrogens (primary N) is 1. The molecule has 0 bridgehead atoms. The molecule has 1 aromatic carbocycles. The van der Waals surface area contributed by atoms with Crippen molar-refractivity contribution in [2.24, 2.45) is 17.6 Å². The molecule has 6 nitrogen and oxygen atoms in total. The smallest absolute Gasteiger partial charge is 0.319 e. The molecule has 5 N–H and O–H groups in total. The fraction of sp³-hybridized carbons (Fsp3) is 0.556. The molecule has 0 saturated heterocycles. The first-order valence-corrected chi connectivity index (χ1v) is 8.64. The standard InChI is InChI=1S/C18H28N4O2.ClH/c1-12(2)21-18(24)22-15-8-6-13(7-9-15)11-20-17(23)16-5-3-4-14(16)10-19;/h6-9,12,14,16H,3-5,10-11,19H2,1-2H3,(H,20,23)(H2,21,22,24);1H/t14-,16-;/m1./s1. The summed E-state index contributed by atoms with van der Waals surface area (Å²) in [5.41, 5.74) is 7.46. The summed E-state index contributed by atoms with van der Waals surface area (Å²) >= 11 is 0. The van der Waals surface area contributed by atoms with Gasteiger partial charge >= 0.3 is 6.03 Å². The van der Waals surface area contributed by atoms with Gasteiger partial charge < -0.3 is 21.7 Å². The van der Waals surface area contributed by atoms with Crippen LogP contribution in [0.25, 0.3) is 0 Å². The third-order valence-corrected chi connectivity index (χ3v) is 4.40. The molecule has 25 heavy (non-hydrogen) atoms. The maximum atomic E-state index is 12.3. The maximum absolute atomic E-state index is 12.3. The topological polar surface area (TPSA) is 96.2 Å². The lowest BCUT2D eigenvalue weighted by Gasteiger charge is -2.17. The second-order valence-electron chi connectivity index (χ2n) is 6.70. The van der Waals surface area contributed by atoms with Crippen molar-refractivity contribution in [1.29, 1.82) is 0 Å². The molecule has 1 aromatic rings. The molecule has 0 aliphatic heterocycles. The molecule has 1 aliphatic rings. The summed E-state index contributed by atoms with van der Waals surface area (Å²) in [5, 5.41) is 8.54. The number of carbonyl (C=O) groups excluding carboxylic acids is 2. The largest absolute Gasteiger partial charge is 0.352 e. The highest BCUT2D eigenvalue weighted by Crippen LogP contribution is 2.30. The molecule has 7 heteroatoms. The molecule has 140 valence electrons. The number of urea groups is 1. The van der Waals surface area contributed by atoms with Gasteiger partial charge in [-0.05, 0) is 56.8 Å². The molecule has 1 saturated carbocycles. The van der Waals surface area contributed by atoms with Crippen LogP contribution in [-0.4, -0.2) is 24.5 Å². The van der Waals surface area contributed by atoms with Crippen molar-refractivity contribution in [2.75, 3.05) is 11.9 Å². The number of hydrogen-bond donors (Lipinski definition) is 4. The van der Waals surface area contributed by atoms with Crippen LogP contribution in [0.4, 0.5) is 10.5 Å². The molecular weight excluding hydrogens is 340 g/mol. The predicted molar refractivity (Wildman–Crippen MR) is 103 cm³/mol. The number of amides is 3. The molecule has 1 aliphatic carbocycles. The minimum atomic E-state index is -0.222. The Bertz CT molecular complexity index is 563. The van der Waals surface area contributed by atoms with E-state index in [9.17, 15) is 9.59 Å². The third kappa shape index (κ3) is 6.55. The van der Waals surface area contributed by atoms with Gasteiger partial charge in [-0.15, -0.1) is 12.4 Å². The number of rotatable bonds is 6. The van der Waals surface area contributed by atoms with E-state index in [0.29, 0.717) is 19.0 Å². The van der Waals surface area contributed by atoms with E-state index in [-0.39, 0.29) is 36.3 Å². The van der Waals surface area contributed by atoms with Crippen molar-refractivity contribution in [3.63, 3.8) is 0 Å². The van der Waals surface area contributed by atoms with Crippen LogP contribution in [0.15, 0.2) is 24.3 Å². The molecular formula is C18H29ClN4O2. The van der Waals surface area contributed by atoms with E-state index >= 15 is 0 Å². The van der Waals surface area contributed by atoms with Crippen molar-refractivity contribution in [1.82, 2.24) is 10.6 Å². The normalized spacial score (nSPS) is 19.2. The minimum Gasteiger partial charge on any atom is -0.352 e. The summed E-state index contributed by atoms with van der Waals surface area (Å²) in [6, 6.07) is 7.34. The number of hydrogen-bond acceptors (Lipinski definition) is 3. The summed E-state index contributed by atoms with van der Waals surface area (Å²) in [5.74, 6) is 0.466. The van der Waals surface area contributed by atoms with Crippen LogP contribution in [0.3, 0.4) is 0 Å². The van der Waals surface area contributed by atoms with E-state index in [1.54, 1.807) is 0 Å². The molecule has 1 fully saturated rings. The molecule has 0 aromatic heterocycles. The number of halogens is 1. The van der Waals surface area contributed by atoms with Crippen molar-refractivity contribution in [3.8, 4) is 0 Å². The third-order valence-electron chi connectivity index (χ3n) is 4.40. The fourth-order valence-electron chi connectivity index (χ4n) is 3.12. The quantitative estimate of drug-likeness (QED) is 0.621. The highest BCUT2D eigenvalue weighted by Gasteiger charge is 2.31. The first kappa shape index (κ1) is 21.3. The fourth-order valence-corrected chi connectivity index (χ4v) is 3.12. The Kier molecular flexibility index (Phi) is 8.72. The van der Waals surface area contributed by atoms with E-state index in [2.05, 4.69) is 16.0 Å². The number of anilines is 1. The van der Waals surface area contributed by atoms with E-state index in [1.807, 2.05) is 38.1 Å². The van der Waals surface area contributed by atoms with Gasteiger partial charge in [0.15, 0.2) is 0 Å². The Morgan fingerprint density at radius 2 is 1.88 bits per heavy atom. The maximum Gasteiger partial charge on any atom is 0.319 e. The average molecular weight is 369 g/mol. The van der Waals surface area contributed by atoms with Crippen molar-refractivity contribution in [3.05, 3.63) is 29.8 Å². The Balaban J connectivity index is 0.00000312. The van der Waals surface area contributed by atoms with Crippen molar-refractivity contribution >= 4 is 30.0 Å². The van der Waals surface area contributed by atoms with Crippen LogP contribution in [0.5, 0.6) is 0 Å². The van der Waals surface area contributed by atoms with Gasteiger partial charge in [0.25, 0.3) is 0 Å². The number of benzene rings is 1. The van der Waals surface area contributed by atoms with E-state index in [1.165, 1.54) is 0 Å². The molecule has 0 heterocycles. The van der Waals surface area contributed by atoms with Gasteiger partial charge in [-0.1, -0.05) is 18.6 Å². The van der Waals surface area contributed by atoms with Gasteiger partial charge in [-0.3, -0.25) is 4.79 Å². The highest BCUT2D eigenvalue weighted by molar-refractivity contribution is 5.89. The lowest BCUT2D eigenvalue weighted by Crippen LogP contribution is -2.34. The first-order valence-electron chi connectivity index (χ1n) is 8.64. The monoisotopic (exact) mass is 368 g/mol. The van der Waals surface area contributed by atoms with Gasteiger partial charge in [-0.2, -0.15) is 0 Å². The number of carbonyl (C=O) groups is 2. The lowest BCUT2D eigenvalue weighted by atomic mass is 9.95. The van der Waals surface area contributed by atoms with E-state index < -0.39 is 0 Å². The molecule has 2 atom stereocenters. The molecule has 0 radical (unpaired) electrons. The Morgan fingerprint density at radius 1 is 1.20 bits per heavy atom. The summed E-state index contributed by atoms with van der Waals surface area (Å²) in [4.78, 5) is 23.9. The van der Waals surface area contributed by atoms with Crippen LogP contribution < -0.4 is 21.7 Å². The van der Waals surface area contributed by atoms with Crippen LogP contribution in [0, 0.1) is 11.8 Å². The van der Waals surface area contributed by atoms with Crippen molar-refractivity contribution < 1.29 is 9.59 Å². The molecule has 0 spiro atoms. The SMILES string of the molecule is CC(C)NC(=O)Nc1ccc(CNC(=O)[C@@H]2CCC[C@@H]2CN)cc1.Cl. The zero-order valence-electron chi connectivity index (χ0n) is 14.9. The Hall–Kier alpha value is -1.79. The molecule has 3 amide bonds. The Labute approximate surface area is 155 Å². The lowest BCUT2D eigenvalue weighted by molar-refractivity contribution is -0.126. The average Bonchev–Trinajstić information content (AvgIpc) is 3.01. The van der Waals surface area contributed by atoms with Gasteiger partial charge in [0.2, 0.25) is 5.91 Å². The van der Waals surface area contributed by atoms with Crippen molar-refractivity contribution in [2.45, 2.75) is 45.7 Å². The zero-order valence-corrected chi connectivity index (χ0v) is 15.7. The van der Waals surface area contributed by atoms with Gasteiger partial charge in [0.1, 0.15) is 0 Å². The first-order chi connectivity index (χ1) is 11.5. The molecule has 0 unspecified atom stereocenters. The minimum absolute atomic E-state index is 0. The highest BCUT2D eigenvalue weighted by atomic mass is 35.5. The second kappa shape index (κ2) is 10.3. The number of nitrogens with one attached hydrogen (secondary N) is 3. The van der Waals surface area contributed by atoms with Gasteiger partial charge in [-0.25, -0.2) is 4.79 Å². The zero-order chi connectivity index (χ0) is 17.5. The van der Waals surface area contributed by atoms with Crippen LogP contribution in [0.1, 0.15) is 38.7 Å². The van der Waals surface area contributed by atoms with E-state index in [0.717, 1.165) is 30.5 Å².